The number of rotatable bonds is 6. The summed E-state index contributed by atoms with van der Waals surface area (Å²) in [4.78, 5) is 0. The third kappa shape index (κ3) is 5.63. The molecule has 0 N–H and O–H groups in total. The van der Waals surface area contributed by atoms with Gasteiger partial charge >= 0.3 is 0 Å². The van der Waals surface area contributed by atoms with Gasteiger partial charge in [0.1, 0.15) is 11.2 Å². The molecule has 13 aromatic rings. The highest BCUT2D eigenvalue weighted by molar-refractivity contribution is 6.33. The Kier molecular flexibility index (Phi) is 8.50. The maximum atomic E-state index is 7.03. The number of hydrogen-bond donors (Lipinski definition) is 0. The van der Waals surface area contributed by atoms with E-state index in [1.807, 2.05) is 0 Å². The normalized spacial score (nSPS) is 13.2. The summed E-state index contributed by atoms with van der Waals surface area (Å²) in [7, 11) is 0. The van der Waals surface area contributed by atoms with Gasteiger partial charge in [0.05, 0.1) is 0 Å². The Bertz CT molecular complexity index is 4200. The second-order valence-corrected chi connectivity index (χ2v) is 19.7. The van der Waals surface area contributed by atoms with Crippen molar-refractivity contribution in [2.75, 3.05) is 0 Å². The molecule has 68 heavy (non-hydrogen) atoms. The van der Waals surface area contributed by atoms with Gasteiger partial charge in [-0.3, -0.25) is 0 Å². The Morgan fingerprint density at radius 2 is 0.912 bits per heavy atom. The van der Waals surface area contributed by atoms with Crippen LogP contribution in [0.15, 0.2) is 205 Å². The SMILES string of the molecule is CCCCc1ccc(-c2ccc3c(c2)c2ccccc2c2ccc4c5cc(-c6c7ccccc7c(-c7ccc8c(c7)-c7c(ccc9ccccc79)C8(C)C)c7ccccc67)ccc5oc4c23)cc1. The summed E-state index contributed by atoms with van der Waals surface area (Å²) in [5.41, 5.74) is 16.1. The Balaban J connectivity index is 0.958. The second kappa shape index (κ2) is 14.8. The predicted molar refractivity (Wildman–Crippen MR) is 291 cm³/mol. The van der Waals surface area contributed by atoms with Crippen LogP contribution in [0.2, 0.25) is 0 Å². The van der Waals surface area contributed by atoms with Gasteiger partial charge in [0.25, 0.3) is 0 Å². The lowest BCUT2D eigenvalue weighted by Gasteiger charge is -2.22. The molecule has 0 atom stereocenters. The van der Waals surface area contributed by atoms with Crippen molar-refractivity contribution in [1.82, 2.24) is 0 Å². The van der Waals surface area contributed by atoms with Crippen LogP contribution in [-0.4, -0.2) is 0 Å². The topological polar surface area (TPSA) is 13.1 Å². The minimum atomic E-state index is -0.0887. The molecule has 0 unspecified atom stereocenters. The van der Waals surface area contributed by atoms with Gasteiger partial charge in [0, 0.05) is 21.6 Å². The minimum absolute atomic E-state index is 0.0887. The van der Waals surface area contributed by atoms with E-state index in [-0.39, 0.29) is 5.41 Å². The van der Waals surface area contributed by atoms with E-state index in [9.17, 15) is 0 Å². The molecule has 14 rings (SSSR count). The first-order valence-corrected chi connectivity index (χ1v) is 24.4. The standard InChI is InChI=1S/C67H48O/c1-4-5-14-40-23-25-41(26-24-40)43-27-31-54-56(37-43)48-18-9-8-17-47(48)53-32-33-55-57-38-45(30-36-61(57)68-66(55)65(53)54)63-51-21-12-10-19-49(51)62(50-20-11-13-22-52(50)63)44-29-34-59-58(39-44)64-46-16-7-6-15-42(46)28-35-60(64)67(59,2)3/h6-13,15-39H,4-5,14H2,1-3H3. The molecule has 0 saturated carbocycles. The maximum Gasteiger partial charge on any atom is 0.143 e. The maximum absolute atomic E-state index is 7.03. The van der Waals surface area contributed by atoms with Crippen LogP contribution in [-0.2, 0) is 11.8 Å². The summed E-state index contributed by atoms with van der Waals surface area (Å²) >= 11 is 0. The number of fused-ring (bicyclic) bond motifs is 17. The van der Waals surface area contributed by atoms with Crippen molar-refractivity contribution in [1.29, 1.82) is 0 Å². The Hall–Kier alpha value is -8.00. The van der Waals surface area contributed by atoms with Gasteiger partial charge in [0.15, 0.2) is 0 Å². The number of hydrogen-bond acceptors (Lipinski definition) is 1. The van der Waals surface area contributed by atoms with Gasteiger partial charge in [-0.2, -0.15) is 0 Å². The fraction of sp³-hybridized carbons (Fsp3) is 0.104. The molecule has 1 heterocycles. The van der Waals surface area contributed by atoms with Crippen molar-refractivity contribution >= 4 is 86.6 Å². The summed E-state index contributed by atoms with van der Waals surface area (Å²) in [6.07, 6.45) is 3.55. The monoisotopic (exact) mass is 868 g/mol. The van der Waals surface area contributed by atoms with E-state index >= 15 is 0 Å². The highest BCUT2D eigenvalue weighted by Crippen LogP contribution is 2.54. The lowest BCUT2D eigenvalue weighted by molar-refractivity contribution is 0.661. The molecule has 1 aliphatic carbocycles. The third-order valence-corrected chi connectivity index (χ3v) is 15.6. The van der Waals surface area contributed by atoms with Crippen molar-refractivity contribution in [3.8, 4) is 44.5 Å². The van der Waals surface area contributed by atoms with Crippen LogP contribution < -0.4 is 0 Å². The van der Waals surface area contributed by atoms with Crippen molar-refractivity contribution in [3.63, 3.8) is 0 Å². The smallest absolute Gasteiger partial charge is 0.143 e. The van der Waals surface area contributed by atoms with Gasteiger partial charge in [-0.1, -0.05) is 197 Å². The van der Waals surface area contributed by atoms with Crippen LogP contribution >= 0.6 is 0 Å². The summed E-state index contributed by atoms with van der Waals surface area (Å²) in [6.45, 7) is 7.01. The first-order chi connectivity index (χ1) is 33.4. The fourth-order valence-electron chi connectivity index (χ4n) is 12.3. The zero-order chi connectivity index (χ0) is 45.3. The number of furan rings is 1. The average Bonchev–Trinajstić information content (AvgIpc) is 3.88. The van der Waals surface area contributed by atoms with Crippen molar-refractivity contribution < 1.29 is 4.42 Å². The molecule has 12 aromatic carbocycles. The second-order valence-electron chi connectivity index (χ2n) is 19.7. The van der Waals surface area contributed by atoms with Crippen LogP contribution in [0.1, 0.15) is 50.3 Å². The Labute approximate surface area is 395 Å². The van der Waals surface area contributed by atoms with E-state index in [1.54, 1.807) is 0 Å². The van der Waals surface area contributed by atoms with Crippen LogP contribution in [0.5, 0.6) is 0 Å². The number of benzene rings is 12. The molecule has 0 amide bonds. The van der Waals surface area contributed by atoms with Gasteiger partial charge in [-0.15, -0.1) is 0 Å². The fourth-order valence-corrected chi connectivity index (χ4v) is 12.3. The molecule has 1 aliphatic rings. The van der Waals surface area contributed by atoms with Gasteiger partial charge in [-0.25, -0.2) is 0 Å². The molecule has 0 saturated heterocycles. The van der Waals surface area contributed by atoms with Crippen LogP contribution in [0.3, 0.4) is 0 Å². The lowest BCUT2D eigenvalue weighted by Crippen LogP contribution is -2.14. The van der Waals surface area contributed by atoms with Crippen LogP contribution in [0.4, 0.5) is 0 Å². The van der Waals surface area contributed by atoms with E-state index in [4.69, 9.17) is 4.42 Å². The molecule has 0 aliphatic heterocycles. The van der Waals surface area contributed by atoms with Gasteiger partial charge in [-0.05, 0) is 164 Å². The first kappa shape index (κ1) is 39.2. The largest absolute Gasteiger partial charge is 0.455 e. The summed E-state index contributed by atoms with van der Waals surface area (Å²) in [5.74, 6) is 0. The molecule has 322 valence electrons. The number of unbranched alkanes of at least 4 members (excludes halogenated alkanes) is 1. The molecular formula is C67H48O. The predicted octanol–water partition coefficient (Wildman–Crippen LogP) is 19.2. The average molecular weight is 869 g/mol. The third-order valence-electron chi connectivity index (χ3n) is 15.6. The van der Waals surface area contributed by atoms with Crippen LogP contribution in [0, 0.1) is 0 Å². The molecule has 0 fully saturated rings. The van der Waals surface area contributed by atoms with E-state index in [1.165, 1.54) is 139 Å². The molecule has 1 nitrogen and oxygen atoms in total. The lowest BCUT2D eigenvalue weighted by atomic mass is 9.81. The molecular weight excluding hydrogens is 821 g/mol. The van der Waals surface area contributed by atoms with E-state index in [0.717, 1.165) is 28.4 Å². The molecule has 0 radical (unpaired) electrons. The van der Waals surface area contributed by atoms with Crippen molar-refractivity contribution in [2.45, 2.75) is 45.4 Å². The highest BCUT2D eigenvalue weighted by Gasteiger charge is 2.37. The minimum Gasteiger partial charge on any atom is -0.455 e. The van der Waals surface area contributed by atoms with Gasteiger partial charge in [0.2, 0.25) is 0 Å². The molecule has 0 bridgehead atoms. The zero-order valence-corrected chi connectivity index (χ0v) is 38.6. The van der Waals surface area contributed by atoms with Crippen LogP contribution in [0.25, 0.3) is 131 Å². The highest BCUT2D eigenvalue weighted by atomic mass is 16.3. The molecule has 1 aromatic heterocycles. The Morgan fingerprint density at radius 1 is 0.382 bits per heavy atom. The first-order valence-electron chi connectivity index (χ1n) is 24.4. The van der Waals surface area contributed by atoms with Crippen molar-refractivity contribution in [2.24, 2.45) is 0 Å². The Morgan fingerprint density at radius 3 is 1.62 bits per heavy atom. The molecule has 0 spiro atoms. The summed E-state index contributed by atoms with van der Waals surface area (Å²) in [6, 6.07) is 75.3. The summed E-state index contributed by atoms with van der Waals surface area (Å²) < 4.78 is 7.03. The van der Waals surface area contributed by atoms with E-state index < -0.39 is 0 Å². The van der Waals surface area contributed by atoms with E-state index in [2.05, 4.69) is 221 Å². The van der Waals surface area contributed by atoms with E-state index in [0.29, 0.717) is 0 Å². The zero-order valence-electron chi connectivity index (χ0n) is 38.6. The quantitative estimate of drug-likeness (QED) is 0.120. The van der Waals surface area contributed by atoms with Crippen molar-refractivity contribution in [3.05, 3.63) is 217 Å². The van der Waals surface area contributed by atoms with Gasteiger partial charge < -0.3 is 4.42 Å². The number of aryl methyl sites for hydroxylation is 1. The molecule has 1 heteroatoms. The summed E-state index contributed by atoms with van der Waals surface area (Å²) in [5, 5.41) is 17.2.